The number of carbonyl (C=O) groups excluding carboxylic acids is 1. The Bertz CT molecular complexity index is 665. The van der Waals surface area contributed by atoms with Gasteiger partial charge < -0.3 is 10.0 Å². The first-order chi connectivity index (χ1) is 11.3. The Morgan fingerprint density at radius 3 is 2.58 bits per heavy atom. The van der Waals surface area contributed by atoms with E-state index in [1.54, 1.807) is 9.62 Å². The zero-order valence-electron chi connectivity index (χ0n) is 13.0. The van der Waals surface area contributed by atoms with Gasteiger partial charge in [-0.05, 0) is 43.0 Å². The predicted molar refractivity (Wildman–Crippen MR) is 83.3 cm³/mol. The van der Waals surface area contributed by atoms with E-state index >= 15 is 0 Å². The molecule has 0 radical (unpaired) electrons. The van der Waals surface area contributed by atoms with Gasteiger partial charge in [-0.25, -0.2) is 21.9 Å². The number of hydrogen-bond acceptors (Lipinski definition) is 4. The molecule has 1 aliphatic heterocycles. The zero-order valence-corrected chi connectivity index (χ0v) is 13.8. The number of aliphatic hydroxyl groups is 1. The van der Waals surface area contributed by atoms with E-state index in [-0.39, 0.29) is 23.3 Å². The normalized spacial score (nSPS) is 18.8. The second-order valence-electron chi connectivity index (χ2n) is 5.71. The molecule has 2 N–H and O–H groups in total. The van der Waals surface area contributed by atoms with Gasteiger partial charge in [-0.3, -0.25) is 4.79 Å². The molecule has 24 heavy (non-hydrogen) atoms. The van der Waals surface area contributed by atoms with Crippen molar-refractivity contribution in [3.8, 4) is 0 Å². The van der Waals surface area contributed by atoms with Crippen molar-refractivity contribution in [1.82, 2.24) is 9.62 Å². The monoisotopic (exact) mass is 362 g/mol. The van der Waals surface area contributed by atoms with Crippen molar-refractivity contribution in [3.63, 3.8) is 0 Å². The number of hydrogen-bond donors (Lipinski definition) is 2. The van der Waals surface area contributed by atoms with E-state index in [2.05, 4.69) is 0 Å². The minimum absolute atomic E-state index is 0.0246. The van der Waals surface area contributed by atoms with Gasteiger partial charge in [-0.2, -0.15) is 0 Å². The van der Waals surface area contributed by atoms with Crippen LogP contribution < -0.4 is 4.72 Å². The molecule has 0 bridgehead atoms. The lowest BCUT2D eigenvalue weighted by Crippen LogP contribution is -2.40. The Morgan fingerprint density at radius 2 is 2.00 bits per heavy atom. The van der Waals surface area contributed by atoms with Crippen LogP contribution in [0.2, 0.25) is 0 Å². The number of amides is 1. The number of nitrogens with one attached hydrogen (secondary N) is 1. The summed E-state index contributed by atoms with van der Waals surface area (Å²) in [5.74, 6) is -0.182. The Balaban J connectivity index is 2.07. The predicted octanol–water partition coefficient (Wildman–Crippen LogP) is 1.07. The number of rotatable bonds is 6. The highest BCUT2D eigenvalue weighted by molar-refractivity contribution is 7.89. The van der Waals surface area contributed by atoms with E-state index in [9.17, 15) is 27.1 Å². The fraction of sp³-hybridized carbons (Fsp3) is 0.533. The van der Waals surface area contributed by atoms with Crippen LogP contribution in [-0.4, -0.2) is 57.0 Å². The average Bonchev–Trinajstić information content (AvgIpc) is 2.59. The maximum atomic E-state index is 12.4. The van der Waals surface area contributed by atoms with Crippen LogP contribution in [0.1, 0.15) is 23.2 Å². The van der Waals surface area contributed by atoms with Crippen molar-refractivity contribution in [2.75, 3.05) is 26.2 Å². The molecule has 6 nitrogen and oxygen atoms in total. The summed E-state index contributed by atoms with van der Waals surface area (Å²) in [4.78, 5) is 13.9. The lowest BCUT2D eigenvalue weighted by molar-refractivity contribution is 0.0620. The first-order valence-corrected chi connectivity index (χ1v) is 9.10. The summed E-state index contributed by atoms with van der Waals surface area (Å²) in [7, 11) is -4.02. The minimum atomic E-state index is -4.02. The summed E-state index contributed by atoms with van der Waals surface area (Å²) >= 11 is 0. The topological polar surface area (TPSA) is 86.7 Å². The van der Waals surface area contributed by atoms with Crippen molar-refractivity contribution in [1.29, 1.82) is 0 Å². The summed E-state index contributed by atoms with van der Waals surface area (Å²) < 4.78 is 49.7. The van der Waals surface area contributed by atoms with Crippen LogP contribution >= 0.6 is 0 Å². The first-order valence-electron chi connectivity index (χ1n) is 7.61. The SMILES string of the molecule is O=C(c1ccc(S(=O)(=O)NCC(F)F)cc1)N1CCCC(CO)C1. The lowest BCUT2D eigenvalue weighted by Gasteiger charge is -2.31. The molecule has 1 aliphatic rings. The fourth-order valence-corrected chi connectivity index (χ4v) is 3.62. The van der Waals surface area contributed by atoms with Gasteiger partial charge in [0.05, 0.1) is 11.4 Å². The molecular formula is C15H20F2N2O4S. The fourth-order valence-electron chi connectivity index (χ4n) is 2.61. The van der Waals surface area contributed by atoms with E-state index in [0.717, 1.165) is 12.8 Å². The van der Waals surface area contributed by atoms with E-state index in [0.29, 0.717) is 18.7 Å². The molecule has 0 aromatic heterocycles. The summed E-state index contributed by atoms with van der Waals surface area (Å²) in [5.41, 5.74) is 0.321. The van der Waals surface area contributed by atoms with Gasteiger partial charge >= 0.3 is 0 Å². The van der Waals surface area contributed by atoms with Crippen LogP contribution in [0.15, 0.2) is 29.2 Å². The molecule has 0 spiro atoms. The lowest BCUT2D eigenvalue weighted by atomic mass is 9.98. The highest BCUT2D eigenvalue weighted by atomic mass is 32.2. The molecule has 2 rings (SSSR count). The molecular weight excluding hydrogens is 342 g/mol. The number of nitrogens with zero attached hydrogens (tertiary/aromatic N) is 1. The van der Waals surface area contributed by atoms with Gasteiger partial charge in [0.15, 0.2) is 0 Å². The maximum absolute atomic E-state index is 12.4. The van der Waals surface area contributed by atoms with E-state index in [1.807, 2.05) is 0 Å². The van der Waals surface area contributed by atoms with Gasteiger partial charge in [-0.15, -0.1) is 0 Å². The van der Waals surface area contributed by atoms with Gasteiger partial charge in [0, 0.05) is 25.3 Å². The van der Waals surface area contributed by atoms with E-state index in [4.69, 9.17) is 0 Å². The third-order valence-electron chi connectivity index (χ3n) is 3.90. The number of alkyl halides is 2. The third kappa shape index (κ3) is 4.71. The maximum Gasteiger partial charge on any atom is 0.253 e. The number of sulfonamides is 1. The zero-order chi connectivity index (χ0) is 17.7. The minimum Gasteiger partial charge on any atom is -0.396 e. The summed E-state index contributed by atoms with van der Waals surface area (Å²) in [6, 6.07) is 5.16. The number of piperidine rings is 1. The largest absolute Gasteiger partial charge is 0.396 e. The number of benzene rings is 1. The second-order valence-corrected chi connectivity index (χ2v) is 7.48. The van der Waals surface area contributed by atoms with Gasteiger partial charge in [0.1, 0.15) is 0 Å². The second kappa shape index (κ2) is 8.00. The van der Waals surface area contributed by atoms with Crippen molar-refractivity contribution >= 4 is 15.9 Å². The molecule has 0 saturated carbocycles. The van der Waals surface area contributed by atoms with Crippen molar-refractivity contribution in [2.24, 2.45) is 5.92 Å². The van der Waals surface area contributed by atoms with Gasteiger partial charge in [0.2, 0.25) is 10.0 Å². The Morgan fingerprint density at radius 1 is 1.33 bits per heavy atom. The summed E-state index contributed by atoms with van der Waals surface area (Å²) in [5, 5.41) is 9.21. The molecule has 1 fully saturated rings. The Hall–Kier alpha value is -1.58. The summed E-state index contributed by atoms with van der Waals surface area (Å²) in [6.07, 6.45) is -1.10. The number of aliphatic hydroxyl groups excluding tert-OH is 1. The van der Waals surface area contributed by atoms with Crippen LogP contribution in [0.25, 0.3) is 0 Å². The number of likely N-dealkylation sites (tertiary alicyclic amines) is 1. The van der Waals surface area contributed by atoms with Crippen LogP contribution in [0.3, 0.4) is 0 Å². The standard InChI is InChI=1S/C15H20F2N2O4S/c16-14(17)8-18-24(22,23)13-5-3-12(4-6-13)15(21)19-7-1-2-11(9-19)10-20/h3-6,11,14,18,20H,1-2,7-10H2. The third-order valence-corrected chi connectivity index (χ3v) is 5.34. The Labute approximate surface area is 139 Å². The number of halogens is 2. The van der Waals surface area contributed by atoms with Gasteiger partial charge in [-0.1, -0.05) is 0 Å². The molecule has 1 aromatic carbocycles. The molecule has 1 saturated heterocycles. The highest BCUT2D eigenvalue weighted by Crippen LogP contribution is 2.19. The molecule has 134 valence electrons. The van der Waals surface area contributed by atoms with Crippen LogP contribution in [0, 0.1) is 5.92 Å². The molecule has 1 heterocycles. The van der Waals surface area contributed by atoms with Crippen LogP contribution in [-0.2, 0) is 10.0 Å². The molecule has 1 aromatic rings. The highest BCUT2D eigenvalue weighted by Gasteiger charge is 2.24. The first kappa shape index (κ1) is 18.8. The van der Waals surface area contributed by atoms with Gasteiger partial charge in [0.25, 0.3) is 12.3 Å². The Kier molecular flexibility index (Phi) is 6.25. The molecule has 1 amide bonds. The molecule has 0 aliphatic carbocycles. The van der Waals surface area contributed by atoms with E-state index < -0.39 is 23.0 Å². The molecule has 9 heteroatoms. The van der Waals surface area contributed by atoms with Crippen molar-refractivity contribution in [3.05, 3.63) is 29.8 Å². The van der Waals surface area contributed by atoms with Crippen LogP contribution in [0.5, 0.6) is 0 Å². The van der Waals surface area contributed by atoms with Crippen LogP contribution in [0.4, 0.5) is 8.78 Å². The molecule has 1 atom stereocenters. The quantitative estimate of drug-likeness (QED) is 0.793. The average molecular weight is 362 g/mol. The van der Waals surface area contributed by atoms with E-state index in [1.165, 1.54) is 24.3 Å². The molecule has 1 unspecified atom stereocenters. The smallest absolute Gasteiger partial charge is 0.253 e. The van der Waals surface area contributed by atoms with Crippen molar-refractivity contribution < 1.29 is 27.1 Å². The number of carbonyl (C=O) groups is 1. The van der Waals surface area contributed by atoms with Crippen molar-refractivity contribution in [2.45, 2.75) is 24.2 Å². The summed E-state index contributed by atoms with van der Waals surface area (Å²) in [6.45, 7) is 0.118.